The summed E-state index contributed by atoms with van der Waals surface area (Å²) in [5.41, 5.74) is 0.723. The van der Waals surface area contributed by atoms with E-state index < -0.39 is 0 Å². The van der Waals surface area contributed by atoms with E-state index in [4.69, 9.17) is 4.74 Å². The van der Waals surface area contributed by atoms with Crippen molar-refractivity contribution in [2.75, 3.05) is 5.32 Å². The average Bonchev–Trinajstić information content (AvgIpc) is 3.19. The topological polar surface area (TPSA) is 38.3 Å². The van der Waals surface area contributed by atoms with E-state index in [1.165, 1.54) is 0 Å². The number of para-hydroxylation sites is 3. The number of carbonyl (C=O) groups excluding carboxylic acids is 1. The van der Waals surface area contributed by atoms with Crippen molar-refractivity contribution in [2.24, 2.45) is 11.8 Å². The van der Waals surface area contributed by atoms with Gasteiger partial charge in [0.1, 0.15) is 5.75 Å². The largest absolute Gasteiger partial charge is 0.455 e. The molecule has 0 aliphatic heterocycles. The average molecular weight is 267 g/mol. The van der Waals surface area contributed by atoms with Gasteiger partial charge in [-0.3, -0.25) is 4.79 Å². The van der Waals surface area contributed by atoms with E-state index in [9.17, 15) is 4.79 Å². The van der Waals surface area contributed by atoms with Gasteiger partial charge in [0.15, 0.2) is 5.75 Å². The molecule has 3 nitrogen and oxygen atoms in total. The van der Waals surface area contributed by atoms with Gasteiger partial charge in [0.2, 0.25) is 5.91 Å². The Hall–Kier alpha value is -2.29. The van der Waals surface area contributed by atoms with Crippen LogP contribution in [0.25, 0.3) is 0 Å². The molecule has 0 radical (unpaired) electrons. The molecule has 1 N–H and O–H groups in total. The summed E-state index contributed by atoms with van der Waals surface area (Å²) in [5.74, 6) is 2.16. The molecule has 2 aromatic carbocycles. The zero-order valence-corrected chi connectivity index (χ0v) is 11.4. The van der Waals surface area contributed by atoms with Crippen LogP contribution in [0.3, 0.4) is 0 Å². The van der Waals surface area contributed by atoms with Gasteiger partial charge in [0, 0.05) is 5.92 Å². The Morgan fingerprint density at radius 2 is 1.75 bits per heavy atom. The highest BCUT2D eigenvalue weighted by Gasteiger charge is 2.39. The molecule has 0 aromatic heterocycles. The van der Waals surface area contributed by atoms with Gasteiger partial charge < -0.3 is 10.1 Å². The molecule has 2 aromatic rings. The first-order valence-electron chi connectivity index (χ1n) is 6.87. The minimum Gasteiger partial charge on any atom is -0.455 e. The quantitative estimate of drug-likeness (QED) is 0.906. The first-order chi connectivity index (χ1) is 9.74. The van der Waals surface area contributed by atoms with E-state index in [1.807, 2.05) is 54.6 Å². The zero-order chi connectivity index (χ0) is 13.9. The molecule has 0 spiro atoms. The molecule has 102 valence electrons. The van der Waals surface area contributed by atoms with Crippen molar-refractivity contribution in [1.82, 2.24) is 0 Å². The Bertz CT molecular complexity index is 609. The first kappa shape index (κ1) is 12.7. The van der Waals surface area contributed by atoms with Gasteiger partial charge in [-0.1, -0.05) is 37.3 Å². The maximum Gasteiger partial charge on any atom is 0.227 e. The number of hydrogen-bond acceptors (Lipinski definition) is 2. The second kappa shape index (κ2) is 5.37. The third kappa shape index (κ3) is 2.82. The third-order valence-corrected chi connectivity index (χ3v) is 3.56. The lowest BCUT2D eigenvalue weighted by molar-refractivity contribution is -0.117. The summed E-state index contributed by atoms with van der Waals surface area (Å²) in [6.45, 7) is 2.09. The summed E-state index contributed by atoms with van der Waals surface area (Å²) >= 11 is 0. The van der Waals surface area contributed by atoms with Crippen molar-refractivity contribution >= 4 is 11.6 Å². The van der Waals surface area contributed by atoms with E-state index >= 15 is 0 Å². The molecule has 1 fully saturated rings. The summed E-state index contributed by atoms with van der Waals surface area (Å²) < 4.78 is 5.82. The van der Waals surface area contributed by atoms with Gasteiger partial charge in [-0.2, -0.15) is 0 Å². The molecule has 20 heavy (non-hydrogen) atoms. The summed E-state index contributed by atoms with van der Waals surface area (Å²) in [6.07, 6.45) is 0.980. The second-order valence-electron chi connectivity index (χ2n) is 5.22. The molecule has 1 saturated carbocycles. The van der Waals surface area contributed by atoms with Crippen LogP contribution in [0.4, 0.5) is 5.69 Å². The van der Waals surface area contributed by atoms with Crippen molar-refractivity contribution < 1.29 is 9.53 Å². The van der Waals surface area contributed by atoms with Crippen LogP contribution in [0.15, 0.2) is 54.6 Å². The minimum atomic E-state index is 0.0848. The Morgan fingerprint density at radius 1 is 1.10 bits per heavy atom. The Balaban J connectivity index is 1.76. The van der Waals surface area contributed by atoms with Crippen molar-refractivity contribution in [2.45, 2.75) is 13.3 Å². The molecule has 3 rings (SSSR count). The minimum absolute atomic E-state index is 0.0848. The van der Waals surface area contributed by atoms with Gasteiger partial charge >= 0.3 is 0 Å². The highest BCUT2D eigenvalue weighted by molar-refractivity contribution is 5.95. The Labute approximate surface area is 118 Å². The number of benzene rings is 2. The molecule has 0 saturated heterocycles. The fraction of sp³-hybridized carbons (Fsp3) is 0.235. The predicted octanol–water partition coefficient (Wildman–Crippen LogP) is 4.07. The van der Waals surface area contributed by atoms with Crippen LogP contribution in [0.2, 0.25) is 0 Å². The summed E-state index contributed by atoms with van der Waals surface area (Å²) in [6, 6.07) is 17.1. The van der Waals surface area contributed by atoms with Crippen molar-refractivity contribution in [1.29, 1.82) is 0 Å². The molecular weight excluding hydrogens is 250 g/mol. The van der Waals surface area contributed by atoms with Gasteiger partial charge in [-0.15, -0.1) is 0 Å². The fourth-order valence-corrected chi connectivity index (χ4v) is 2.19. The fourth-order valence-electron chi connectivity index (χ4n) is 2.19. The number of ether oxygens (including phenoxy) is 1. The lowest BCUT2D eigenvalue weighted by Crippen LogP contribution is -2.14. The normalized spacial score (nSPS) is 20.2. The number of hydrogen-bond donors (Lipinski definition) is 1. The lowest BCUT2D eigenvalue weighted by atomic mass is 10.2. The molecule has 1 aliphatic carbocycles. The van der Waals surface area contributed by atoms with Gasteiger partial charge in [0.25, 0.3) is 0 Å². The number of nitrogens with one attached hydrogen (secondary N) is 1. The molecule has 0 heterocycles. The molecular formula is C17H17NO2. The maximum atomic E-state index is 12.0. The van der Waals surface area contributed by atoms with E-state index in [1.54, 1.807) is 0 Å². The third-order valence-electron chi connectivity index (χ3n) is 3.56. The highest BCUT2D eigenvalue weighted by Crippen LogP contribution is 2.39. The lowest BCUT2D eigenvalue weighted by Gasteiger charge is -2.12. The summed E-state index contributed by atoms with van der Waals surface area (Å²) in [4.78, 5) is 12.0. The van der Waals surface area contributed by atoms with Crippen molar-refractivity contribution in [3.8, 4) is 11.5 Å². The van der Waals surface area contributed by atoms with Crippen LogP contribution in [0, 0.1) is 11.8 Å². The van der Waals surface area contributed by atoms with Crippen molar-refractivity contribution in [3.63, 3.8) is 0 Å². The molecule has 1 amide bonds. The van der Waals surface area contributed by atoms with E-state index in [-0.39, 0.29) is 11.8 Å². The molecule has 1 aliphatic rings. The first-order valence-corrected chi connectivity index (χ1v) is 6.87. The van der Waals surface area contributed by atoms with Gasteiger partial charge in [0.05, 0.1) is 5.69 Å². The Morgan fingerprint density at radius 3 is 2.45 bits per heavy atom. The highest BCUT2D eigenvalue weighted by atomic mass is 16.5. The maximum absolute atomic E-state index is 12.0. The van der Waals surface area contributed by atoms with Crippen molar-refractivity contribution in [3.05, 3.63) is 54.6 Å². The number of rotatable bonds is 4. The Kier molecular flexibility index (Phi) is 3.42. The van der Waals surface area contributed by atoms with Crippen LogP contribution in [-0.2, 0) is 4.79 Å². The number of carbonyl (C=O) groups is 1. The standard InChI is InChI=1S/C17H17NO2/c1-12-11-14(12)17(19)18-15-9-5-6-10-16(15)20-13-7-3-2-4-8-13/h2-10,12,14H,11H2,1H3,(H,18,19)/t12-,14+/m1/s1. The molecule has 2 atom stereocenters. The van der Waals surface area contributed by atoms with Crippen LogP contribution >= 0.6 is 0 Å². The van der Waals surface area contributed by atoms with Crippen LogP contribution in [0.5, 0.6) is 11.5 Å². The monoisotopic (exact) mass is 267 g/mol. The number of amides is 1. The van der Waals surface area contributed by atoms with Crippen LogP contribution in [0.1, 0.15) is 13.3 Å². The smallest absolute Gasteiger partial charge is 0.227 e. The van der Waals surface area contributed by atoms with E-state index in [2.05, 4.69) is 12.2 Å². The van der Waals surface area contributed by atoms with Crippen LogP contribution in [-0.4, -0.2) is 5.91 Å². The van der Waals surface area contributed by atoms with E-state index in [0.29, 0.717) is 11.7 Å². The zero-order valence-electron chi connectivity index (χ0n) is 11.4. The molecule has 0 unspecified atom stereocenters. The van der Waals surface area contributed by atoms with Crippen LogP contribution < -0.4 is 10.1 Å². The van der Waals surface area contributed by atoms with Gasteiger partial charge in [-0.05, 0) is 36.6 Å². The predicted molar refractivity (Wildman–Crippen MR) is 78.9 cm³/mol. The SMILES string of the molecule is C[C@@H]1C[C@@H]1C(=O)Nc1ccccc1Oc1ccccc1. The number of anilines is 1. The second-order valence-corrected chi connectivity index (χ2v) is 5.22. The molecule has 3 heteroatoms. The summed E-state index contributed by atoms with van der Waals surface area (Å²) in [5, 5.41) is 2.96. The molecule has 0 bridgehead atoms. The van der Waals surface area contributed by atoms with E-state index in [0.717, 1.165) is 17.9 Å². The van der Waals surface area contributed by atoms with Gasteiger partial charge in [-0.25, -0.2) is 0 Å². The summed E-state index contributed by atoms with van der Waals surface area (Å²) in [7, 11) is 0.